The molecule has 0 saturated heterocycles. The standard InChI is InChI=1S/C24H33NO4S/c1-3-5-10-18-24(23(26)27,30(28,29)22-12-8-7-9-13-22)25-19-21-16-14-20(15-17-21)11-6-4-2/h7-9,12-17,25H,3-6,10-11,18-19H2,1-2H3,(H,26,27). The van der Waals surface area contributed by atoms with Crippen molar-refractivity contribution in [3.05, 3.63) is 65.7 Å². The van der Waals surface area contributed by atoms with E-state index in [-0.39, 0.29) is 17.9 Å². The zero-order valence-corrected chi connectivity index (χ0v) is 18.7. The van der Waals surface area contributed by atoms with Crippen molar-refractivity contribution >= 4 is 15.8 Å². The summed E-state index contributed by atoms with van der Waals surface area (Å²) >= 11 is 0. The van der Waals surface area contributed by atoms with Gasteiger partial charge < -0.3 is 5.11 Å². The molecule has 30 heavy (non-hydrogen) atoms. The minimum Gasteiger partial charge on any atom is -0.479 e. The minimum absolute atomic E-state index is 0.0159. The summed E-state index contributed by atoms with van der Waals surface area (Å²) in [5.74, 6) is -1.36. The van der Waals surface area contributed by atoms with E-state index < -0.39 is 20.7 Å². The molecule has 2 rings (SSSR count). The Kier molecular flexibility index (Phi) is 9.06. The zero-order valence-electron chi connectivity index (χ0n) is 17.9. The average Bonchev–Trinajstić information content (AvgIpc) is 2.75. The third-order valence-electron chi connectivity index (χ3n) is 5.41. The third kappa shape index (κ3) is 5.70. The highest BCUT2D eigenvalue weighted by Crippen LogP contribution is 2.30. The van der Waals surface area contributed by atoms with Gasteiger partial charge in [0.25, 0.3) is 0 Å². The molecule has 0 radical (unpaired) electrons. The van der Waals surface area contributed by atoms with Crippen LogP contribution in [0.5, 0.6) is 0 Å². The molecule has 6 heteroatoms. The molecule has 0 bridgehead atoms. The van der Waals surface area contributed by atoms with Gasteiger partial charge in [-0.25, -0.2) is 13.2 Å². The lowest BCUT2D eigenvalue weighted by atomic mass is 10.0. The largest absolute Gasteiger partial charge is 0.479 e. The fraction of sp³-hybridized carbons (Fsp3) is 0.458. The van der Waals surface area contributed by atoms with Crippen LogP contribution in [0.25, 0.3) is 0 Å². The van der Waals surface area contributed by atoms with Crippen LogP contribution in [0.1, 0.15) is 63.5 Å². The smallest absolute Gasteiger partial charge is 0.340 e. The van der Waals surface area contributed by atoms with Crippen molar-refractivity contribution in [1.29, 1.82) is 0 Å². The SMILES string of the molecule is CCCCCC(NCc1ccc(CCCC)cc1)(C(=O)O)S(=O)(=O)c1ccccc1. The lowest BCUT2D eigenvalue weighted by Gasteiger charge is -2.30. The van der Waals surface area contributed by atoms with Crippen molar-refractivity contribution in [3.8, 4) is 0 Å². The number of nitrogens with one attached hydrogen (secondary N) is 1. The highest BCUT2D eigenvalue weighted by molar-refractivity contribution is 7.93. The number of benzene rings is 2. The van der Waals surface area contributed by atoms with E-state index in [1.807, 2.05) is 31.2 Å². The maximum absolute atomic E-state index is 13.4. The molecule has 0 saturated carbocycles. The number of carboxylic acids is 1. The second kappa shape index (κ2) is 11.3. The van der Waals surface area contributed by atoms with Crippen LogP contribution in [0.4, 0.5) is 0 Å². The molecule has 5 nitrogen and oxygen atoms in total. The molecule has 0 heterocycles. The van der Waals surface area contributed by atoms with E-state index in [0.717, 1.165) is 37.7 Å². The van der Waals surface area contributed by atoms with Crippen molar-refractivity contribution < 1.29 is 18.3 Å². The van der Waals surface area contributed by atoms with Crippen molar-refractivity contribution in [2.45, 2.75) is 75.1 Å². The lowest BCUT2D eigenvalue weighted by Crippen LogP contribution is -2.57. The number of carboxylic acid groups (broad SMARTS) is 1. The van der Waals surface area contributed by atoms with E-state index in [2.05, 4.69) is 12.2 Å². The average molecular weight is 432 g/mol. The number of hydrogen-bond donors (Lipinski definition) is 2. The normalized spacial score (nSPS) is 13.7. The second-order valence-corrected chi connectivity index (χ2v) is 9.85. The number of unbranched alkanes of at least 4 members (excludes halogenated alkanes) is 3. The van der Waals surface area contributed by atoms with Crippen LogP contribution in [-0.4, -0.2) is 24.4 Å². The molecule has 2 N–H and O–H groups in total. The van der Waals surface area contributed by atoms with Crippen LogP contribution in [0.3, 0.4) is 0 Å². The summed E-state index contributed by atoms with van der Waals surface area (Å²) < 4.78 is 26.9. The fourth-order valence-corrected chi connectivity index (χ4v) is 5.31. The van der Waals surface area contributed by atoms with E-state index in [4.69, 9.17) is 0 Å². The van der Waals surface area contributed by atoms with E-state index in [1.165, 1.54) is 17.7 Å². The van der Waals surface area contributed by atoms with Crippen LogP contribution < -0.4 is 5.32 Å². The van der Waals surface area contributed by atoms with Gasteiger partial charge in [-0.2, -0.15) is 0 Å². The maximum Gasteiger partial charge on any atom is 0.340 e. The lowest BCUT2D eigenvalue weighted by molar-refractivity contribution is -0.141. The molecule has 0 amide bonds. The van der Waals surface area contributed by atoms with Crippen LogP contribution in [0, 0.1) is 0 Å². The van der Waals surface area contributed by atoms with E-state index in [0.29, 0.717) is 6.42 Å². The molecule has 0 aromatic heterocycles. The molecular weight excluding hydrogens is 398 g/mol. The van der Waals surface area contributed by atoms with E-state index >= 15 is 0 Å². The molecule has 2 aromatic rings. The molecule has 0 aliphatic heterocycles. The van der Waals surface area contributed by atoms with Crippen molar-refractivity contribution in [2.24, 2.45) is 0 Å². The molecule has 0 aliphatic rings. The van der Waals surface area contributed by atoms with Crippen LogP contribution in [-0.2, 0) is 27.6 Å². The van der Waals surface area contributed by atoms with Gasteiger partial charge in [0.05, 0.1) is 4.90 Å². The number of hydrogen-bond acceptors (Lipinski definition) is 4. The Labute approximate surface area is 180 Å². The highest BCUT2D eigenvalue weighted by atomic mass is 32.2. The fourth-order valence-electron chi connectivity index (χ4n) is 3.49. The van der Waals surface area contributed by atoms with Gasteiger partial charge in [0.2, 0.25) is 14.7 Å². The van der Waals surface area contributed by atoms with Crippen LogP contribution >= 0.6 is 0 Å². The predicted octanol–water partition coefficient (Wildman–Crippen LogP) is 4.95. The van der Waals surface area contributed by atoms with Gasteiger partial charge in [-0.1, -0.05) is 75.6 Å². The Morgan fingerprint density at radius 3 is 2.07 bits per heavy atom. The molecule has 0 aliphatic carbocycles. The van der Waals surface area contributed by atoms with Gasteiger partial charge in [0.1, 0.15) is 0 Å². The van der Waals surface area contributed by atoms with E-state index in [1.54, 1.807) is 18.2 Å². The Morgan fingerprint density at radius 1 is 0.900 bits per heavy atom. The number of aryl methyl sites for hydroxylation is 1. The van der Waals surface area contributed by atoms with Gasteiger partial charge in [-0.05, 0) is 48.9 Å². The maximum atomic E-state index is 13.4. The topological polar surface area (TPSA) is 83.5 Å². The number of aliphatic carboxylic acids is 1. The van der Waals surface area contributed by atoms with Crippen LogP contribution in [0.15, 0.2) is 59.5 Å². The van der Waals surface area contributed by atoms with Crippen molar-refractivity contribution in [2.75, 3.05) is 0 Å². The molecule has 0 fully saturated rings. The second-order valence-electron chi connectivity index (χ2n) is 7.68. The first-order valence-electron chi connectivity index (χ1n) is 10.7. The Bertz CT molecular complexity index is 895. The quantitative estimate of drug-likeness (QED) is 0.438. The molecule has 164 valence electrons. The van der Waals surface area contributed by atoms with Gasteiger partial charge in [-0.3, -0.25) is 5.32 Å². The monoisotopic (exact) mass is 431 g/mol. The summed E-state index contributed by atoms with van der Waals surface area (Å²) in [5.41, 5.74) is 2.09. The summed E-state index contributed by atoms with van der Waals surface area (Å²) in [6.07, 6.45) is 5.42. The van der Waals surface area contributed by atoms with E-state index in [9.17, 15) is 18.3 Å². The first-order valence-corrected chi connectivity index (χ1v) is 12.2. The number of carbonyl (C=O) groups is 1. The Morgan fingerprint density at radius 2 is 1.50 bits per heavy atom. The summed E-state index contributed by atoms with van der Waals surface area (Å²) in [4.78, 5) is 10.3. The summed E-state index contributed by atoms with van der Waals surface area (Å²) in [7, 11) is -4.14. The van der Waals surface area contributed by atoms with Crippen molar-refractivity contribution in [1.82, 2.24) is 5.32 Å². The van der Waals surface area contributed by atoms with Gasteiger partial charge in [0.15, 0.2) is 0 Å². The molecule has 2 aromatic carbocycles. The number of sulfone groups is 1. The Hall–Kier alpha value is -2.18. The zero-order chi connectivity index (χ0) is 22.0. The summed E-state index contributed by atoms with van der Waals surface area (Å²) in [6.45, 7) is 4.32. The summed E-state index contributed by atoms with van der Waals surface area (Å²) in [6, 6.07) is 15.8. The first kappa shape index (κ1) is 24.1. The van der Waals surface area contributed by atoms with Gasteiger partial charge >= 0.3 is 5.97 Å². The third-order valence-corrected chi connectivity index (χ3v) is 7.74. The van der Waals surface area contributed by atoms with Crippen LogP contribution in [0.2, 0.25) is 0 Å². The van der Waals surface area contributed by atoms with Crippen molar-refractivity contribution in [3.63, 3.8) is 0 Å². The predicted molar refractivity (Wildman–Crippen MR) is 120 cm³/mol. The highest BCUT2D eigenvalue weighted by Gasteiger charge is 2.51. The molecule has 0 spiro atoms. The van der Waals surface area contributed by atoms with Gasteiger partial charge in [0, 0.05) is 6.54 Å². The first-order chi connectivity index (χ1) is 14.4. The molecule has 1 atom stereocenters. The minimum atomic E-state index is -4.14. The molecule has 1 unspecified atom stereocenters. The number of rotatable bonds is 13. The Balaban J connectivity index is 2.32. The van der Waals surface area contributed by atoms with Gasteiger partial charge in [-0.15, -0.1) is 0 Å². The summed E-state index contributed by atoms with van der Waals surface area (Å²) in [5, 5.41) is 13.0. The molecular formula is C24H33NO4S.